The van der Waals surface area contributed by atoms with Gasteiger partial charge in [-0.1, -0.05) is 11.6 Å². The van der Waals surface area contributed by atoms with Gasteiger partial charge in [0.05, 0.1) is 18.2 Å². The Balaban J connectivity index is 1.91. The second-order valence-corrected chi connectivity index (χ2v) is 6.74. The summed E-state index contributed by atoms with van der Waals surface area (Å²) in [5.74, 6) is 0.0506. The summed E-state index contributed by atoms with van der Waals surface area (Å²) in [6.45, 7) is 1.84. The molecule has 3 aromatic rings. The number of nitrogens with zero attached hydrogens (tertiary/aromatic N) is 1. The molecule has 2 N–H and O–H groups in total. The SMILES string of the molecule is COc1ccc2c(=O)[nH]cc(C(C)N(C)C(=O)Nc3ccc(F)c(Cl)c3)c2c1. The molecule has 0 aliphatic heterocycles. The van der Waals surface area contributed by atoms with Crippen molar-refractivity contribution in [1.29, 1.82) is 0 Å². The van der Waals surface area contributed by atoms with Crippen LogP contribution in [-0.4, -0.2) is 30.1 Å². The Morgan fingerprint density at radius 3 is 2.68 bits per heavy atom. The quantitative estimate of drug-likeness (QED) is 0.670. The largest absolute Gasteiger partial charge is 0.497 e. The Morgan fingerprint density at radius 2 is 2.00 bits per heavy atom. The lowest BCUT2D eigenvalue weighted by molar-refractivity contribution is 0.208. The molecule has 1 atom stereocenters. The molecule has 2 amide bonds. The number of methoxy groups -OCH3 is 1. The number of hydrogen-bond acceptors (Lipinski definition) is 3. The number of anilines is 1. The molecular weight excluding hydrogens is 385 g/mol. The van der Waals surface area contributed by atoms with Crippen LogP contribution in [-0.2, 0) is 0 Å². The third-order valence-electron chi connectivity index (χ3n) is 4.66. The average molecular weight is 404 g/mol. The molecule has 0 bridgehead atoms. The number of H-pyrrole nitrogens is 1. The molecule has 2 aromatic carbocycles. The van der Waals surface area contributed by atoms with Crippen LogP contribution in [0.5, 0.6) is 5.75 Å². The van der Waals surface area contributed by atoms with Crippen molar-refractivity contribution in [3.8, 4) is 5.75 Å². The minimum atomic E-state index is -0.560. The van der Waals surface area contributed by atoms with Gasteiger partial charge in [0.2, 0.25) is 0 Å². The highest BCUT2D eigenvalue weighted by molar-refractivity contribution is 6.31. The van der Waals surface area contributed by atoms with Crippen molar-refractivity contribution in [2.75, 3.05) is 19.5 Å². The minimum Gasteiger partial charge on any atom is -0.497 e. The molecule has 0 radical (unpaired) electrons. The fraction of sp³-hybridized carbons (Fsp3) is 0.200. The first-order valence-corrected chi connectivity index (χ1v) is 8.88. The number of rotatable bonds is 4. The molecule has 0 aliphatic rings. The molecule has 28 heavy (non-hydrogen) atoms. The van der Waals surface area contributed by atoms with Gasteiger partial charge in [-0.2, -0.15) is 0 Å². The lowest BCUT2D eigenvalue weighted by atomic mass is 10.0. The van der Waals surface area contributed by atoms with E-state index in [1.54, 1.807) is 38.6 Å². The number of carbonyl (C=O) groups excluding carboxylic acids is 1. The van der Waals surface area contributed by atoms with E-state index in [9.17, 15) is 14.0 Å². The number of hydrogen-bond donors (Lipinski definition) is 2. The predicted molar refractivity (Wildman–Crippen MR) is 108 cm³/mol. The summed E-state index contributed by atoms with van der Waals surface area (Å²) in [4.78, 5) is 28.9. The molecule has 3 rings (SSSR count). The highest BCUT2D eigenvalue weighted by Crippen LogP contribution is 2.28. The number of aromatic nitrogens is 1. The zero-order chi connectivity index (χ0) is 20.4. The summed E-state index contributed by atoms with van der Waals surface area (Å²) >= 11 is 5.76. The third-order valence-corrected chi connectivity index (χ3v) is 4.95. The Bertz CT molecular complexity index is 1100. The van der Waals surface area contributed by atoms with Crippen LogP contribution in [0.3, 0.4) is 0 Å². The van der Waals surface area contributed by atoms with Gasteiger partial charge in [-0.25, -0.2) is 9.18 Å². The van der Waals surface area contributed by atoms with Crippen molar-refractivity contribution in [3.63, 3.8) is 0 Å². The first-order chi connectivity index (χ1) is 13.3. The summed E-state index contributed by atoms with van der Waals surface area (Å²) in [5.41, 5.74) is 0.911. The molecule has 0 saturated carbocycles. The topological polar surface area (TPSA) is 74.4 Å². The summed E-state index contributed by atoms with van der Waals surface area (Å²) in [7, 11) is 3.17. The van der Waals surface area contributed by atoms with Crippen LogP contribution < -0.4 is 15.6 Å². The first-order valence-electron chi connectivity index (χ1n) is 8.50. The maximum atomic E-state index is 13.3. The maximum absolute atomic E-state index is 13.3. The van der Waals surface area contributed by atoms with E-state index >= 15 is 0 Å². The van der Waals surface area contributed by atoms with E-state index in [1.807, 2.05) is 6.92 Å². The highest BCUT2D eigenvalue weighted by atomic mass is 35.5. The van der Waals surface area contributed by atoms with E-state index in [-0.39, 0.29) is 16.6 Å². The molecule has 0 aliphatic carbocycles. The number of ether oxygens (including phenoxy) is 1. The van der Waals surface area contributed by atoms with Gasteiger partial charge < -0.3 is 19.9 Å². The normalized spacial score (nSPS) is 11.9. The molecule has 0 fully saturated rings. The number of urea groups is 1. The smallest absolute Gasteiger partial charge is 0.322 e. The van der Waals surface area contributed by atoms with Gasteiger partial charge in [0.15, 0.2) is 0 Å². The van der Waals surface area contributed by atoms with Crippen LogP contribution in [0.4, 0.5) is 14.9 Å². The summed E-state index contributed by atoms with van der Waals surface area (Å²) < 4.78 is 18.5. The molecule has 0 saturated heterocycles. The second kappa shape index (κ2) is 7.90. The zero-order valence-corrected chi connectivity index (χ0v) is 16.3. The summed E-state index contributed by atoms with van der Waals surface area (Å²) in [6.07, 6.45) is 1.59. The number of nitrogens with one attached hydrogen (secondary N) is 2. The van der Waals surface area contributed by atoms with Crippen molar-refractivity contribution in [3.05, 3.63) is 69.4 Å². The van der Waals surface area contributed by atoms with Gasteiger partial charge in [-0.05, 0) is 54.3 Å². The van der Waals surface area contributed by atoms with E-state index in [0.717, 1.165) is 5.56 Å². The predicted octanol–water partition coefficient (Wildman–Crippen LogP) is 4.55. The Hall–Kier alpha value is -3.06. The van der Waals surface area contributed by atoms with Gasteiger partial charge in [0.1, 0.15) is 11.6 Å². The lowest BCUT2D eigenvalue weighted by Gasteiger charge is -2.26. The summed E-state index contributed by atoms with van der Waals surface area (Å²) in [6, 6.07) is 8.33. The van der Waals surface area contributed by atoms with Gasteiger partial charge in [0.25, 0.3) is 5.56 Å². The van der Waals surface area contributed by atoms with E-state index in [2.05, 4.69) is 10.3 Å². The van der Waals surface area contributed by atoms with Gasteiger partial charge in [0, 0.05) is 24.3 Å². The van der Waals surface area contributed by atoms with Crippen LogP contribution in [0.15, 0.2) is 47.4 Å². The Morgan fingerprint density at radius 1 is 1.25 bits per heavy atom. The second-order valence-electron chi connectivity index (χ2n) is 6.33. The van der Waals surface area contributed by atoms with Crippen LogP contribution >= 0.6 is 11.6 Å². The number of halogens is 2. The maximum Gasteiger partial charge on any atom is 0.322 e. The van der Waals surface area contributed by atoms with E-state index in [1.165, 1.54) is 23.1 Å². The molecular formula is C20H19ClFN3O3. The number of amides is 2. The number of aromatic amines is 1. The fourth-order valence-corrected chi connectivity index (χ4v) is 3.08. The molecule has 1 aromatic heterocycles. The Kier molecular flexibility index (Phi) is 5.56. The van der Waals surface area contributed by atoms with Gasteiger partial charge in [-0.3, -0.25) is 4.79 Å². The number of pyridine rings is 1. The van der Waals surface area contributed by atoms with Gasteiger partial charge in [-0.15, -0.1) is 0 Å². The molecule has 8 heteroatoms. The summed E-state index contributed by atoms with van der Waals surface area (Å²) in [5, 5.41) is 3.80. The molecule has 1 heterocycles. The van der Waals surface area contributed by atoms with Crippen LogP contribution in [0.25, 0.3) is 10.8 Å². The Labute approximate surface area is 165 Å². The van der Waals surface area contributed by atoms with Crippen molar-refractivity contribution in [1.82, 2.24) is 9.88 Å². The van der Waals surface area contributed by atoms with Crippen molar-refractivity contribution in [2.24, 2.45) is 0 Å². The standard InChI is InChI=1S/C20H19ClFN3O3/c1-11(25(2)20(27)24-12-4-7-18(22)17(21)8-12)16-10-23-19(26)14-6-5-13(28-3)9-15(14)16/h4-11H,1-3H3,(H,23,26)(H,24,27). The minimum absolute atomic E-state index is 0.0766. The van der Waals surface area contributed by atoms with Crippen LogP contribution in [0.2, 0.25) is 5.02 Å². The first kappa shape index (κ1) is 19.7. The lowest BCUT2D eigenvalue weighted by Crippen LogP contribution is -2.34. The highest BCUT2D eigenvalue weighted by Gasteiger charge is 2.21. The van der Waals surface area contributed by atoms with Gasteiger partial charge >= 0.3 is 6.03 Å². The van der Waals surface area contributed by atoms with E-state index in [0.29, 0.717) is 22.2 Å². The number of carbonyl (C=O) groups is 1. The van der Waals surface area contributed by atoms with Crippen LogP contribution in [0, 0.1) is 5.82 Å². The monoisotopic (exact) mass is 403 g/mol. The molecule has 146 valence electrons. The van der Waals surface area contributed by atoms with E-state index < -0.39 is 11.8 Å². The van der Waals surface area contributed by atoms with Crippen molar-refractivity contribution < 1.29 is 13.9 Å². The molecule has 6 nitrogen and oxygen atoms in total. The average Bonchev–Trinajstić information content (AvgIpc) is 2.69. The fourth-order valence-electron chi connectivity index (χ4n) is 2.90. The zero-order valence-electron chi connectivity index (χ0n) is 15.5. The number of fused-ring (bicyclic) bond motifs is 1. The van der Waals surface area contributed by atoms with Crippen molar-refractivity contribution >= 4 is 34.1 Å². The van der Waals surface area contributed by atoms with Crippen LogP contribution in [0.1, 0.15) is 18.5 Å². The third kappa shape index (κ3) is 3.80. The van der Waals surface area contributed by atoms with E-state index in [4.69, 9.17) is 16.3 Å². The molecule has 1 unspecified atom stereocenters. The molecule has 0 spiro atoms. The van der Waals surface area contributed by atoms with Crippen molar-refractivity contribution in [2.45, 2.75) is 13.0 Å². The number of benzene rings is 2.